The van der Waals surface area contributed by atoms with Gasteiger partial charge in [0.2, 0.25) is 0 Å². The molecule has 0 saturated carbocycles. The van der Waals surface area contributed by atoms with Crippen LogP contribution in [0.25, 0.3) is 0 Å². The van der Waals surface area contributed by atoms with Gasteiger partial charge in [-0.3, -0.25) is 9.79 Å². The zero-order valence-corrected chi connectivity index (χ0v) is 15.3. The Labute approximate surface area is 140 Å². The highest BCUT2D eigenvalue weighted by Crippen LogP contribution is 2.18. The first-order chi connectivity index (χ1) is 11.0. The molecule has 0 amide bonds. The summed E-state index contributed by atoms with van der Waals surface area (Å²) in [5, 5.41) is 3.42. The van der Waals surface area contributed by atoms with Gasteiger partial charge in [-0.05, 0) is 32.1 Å². The van der Waals surface area contributed by atoms with Crippen LogP contribution in [0.15, 0.2) is 4.99 Å². The van der Waals surface area contributed by atoms with Crippen molar-refractivity contribution in [1.82, 2.24) is 10.2 Å². The second-order valence-corrected chi connectivity index (χ2v) is 6.28. The number of nitrogens with zero attached hydrogens (tertiary/aromatic N) is 2. The maximum Gasteiger partial charge on any atom is 0.308 e. The Kier molecular flexibility index (Phi) is 8.99. The lowest BCUT2D eigenvalue weighted by molar-refractivity contribution is -0.146. The molecule has 0 radical (unpaired) electrons. The number of carbonyl (C=O) groups excluding carboxylic acids is 1. The number of guanidine groups is 1. The van der Waals surface area contributed by atoms with Gasteiger partial charge in [0.05, 0.1) is 19.1 Å². The molecule has 1 saturated heterocycles. The molecule has 6 heteroatoms. The van der Waals surface area contributed by atoms with Crippen LogP contribution in [0.4, 0.5) is 0 Å². The summed E-state index contributed by atoms with van der Waals surface area (Å²) in [6.45, 7) is 9.66. The number of likely N-dealkylation sites (tertiary alicyclic amines) is 1. The topological polar surface area (TPSA) is 63.2 Å². The van der Waals surface area contributed by atoms with Crippen molar-refractivity contribution >= 4 is 11.9 Å². The molecule has 0 aliphatic carbocycles. The van der Waals surface area contributed by atoms with Crippen molar-refractivity contribution in [3.8, 4) is 0 Å². The summed E-state index contributed by atoms with van der Waals surface area (Å²) < 4.78 is 10.6. The van der Waals surface area contributed by atoms with Crippen molar-refractivity contribution in [2.75, 3.05) is 40.4 Å². The van der Waals surface area contributed by atoms with E-state index in [9.17, 15) is 4.79 Å². The molecule has 0 aromatic rings. The van der Waals surface area contributed by atoms with Crippen molar-refractivity contribution in [1.29, 1.82) is 0 Å². The van der Waals surface area contributed by atoms with Gasteiger partial charge in [-0.25, -0.2) is 0 Å². The third-order valence-corrected chi connectivity index (χ3v) is 4.38. The maximum absolute atomic E-state index is 11.6. The highest BCUT2D eigenvalue weighted by Gasteiger charge is 2.27. The number of ether oxygens (including phenoxy) is 2. The molecule has 1 aliphatic rings. The van der Waals surface area contributed by atoms with Gasteiger partial charge in [0.15, 0.2) is 5.96 Å². The highest BCUT2D eigenvalue weighted by atomic mass is 16.5. The molecule has 1 fully saturated rings. The average molecular weight is 327 g/mol. The van der Waals surface area contributed by atoms with Crippen molar-refractivity contribution < 1.29 is 14.3 Å². The molecule has 6 nitrogen and oxygen atoms in total. The van der Waals surface area contributed by atoms with Gasteiger partial charge in [-0.15, -0.1) is 0 Å². The van der Waals surface area contributed by atoms with E-state index in [4.69, 9.17) is 9.47 Å². The van der Waals surface area contributed by atoms with Crippen LogP contribution in [0.1, 0.15) is 40.0 Å². The number of piperidine rings is 1. The number of hydrogen-bond acceptors (Lipinski definition) is 4. The Morgan fingerprint density at radius 3 is 2.48 bits per heavy atom. The standard InChI is InChI=1S/C17H33N3O3/c1-6-23-15(13(2)3)7-10-19-17(18-4)20-11-8-14(9-12-20)16(21)22-5/h13-15H,6-12H2,1-5H3,(H,18,19). The van der Waals surface area contributed by atoms with Crippen LogP contribution in [-0.4, -0.2) is 63.3 Å². The second kappa shape index (κ2) is 10.5. The van der Waals surface area contributed by atoms with Crippen LogP contribution in [-0.2, 0) is 14.3 Å². The average Bonchev–Trinajstić information content (AvgIpc) is 2.57. The Hall–Kier alpha value is -1.30. The van der Waals surface area contributed by atoms with Crippen LogP contribution in [0, 0.1) is 11.8 Å². The SMILES string of the molecule is CCOC(CCNC(=NC)N1CCC(C(=O)OC)CC1)C(C)C. The number of aliphatic imine (C=N–C) groups is 1. The van der Waals surface area contributed by atoms with Crippen molar-refractivity contribution in [2.45, 2.75) is 46.1 Å². The lowest BCUT2D eigenvalue weighted by Gasteiger charge is -2.33. The predicted octanol–water partition coefficient (Wildman–Crippen LogP) is 1.90. The lowest BCUT2D eigenvalue weighted by atomic mass is 9.97. The molecular weight excluding hydrogens is 294 g/mol. The summed E-state index contributed by atoms with van der Waals surface area (Å²) in [6, 6.07) is 0. The molecule has 0 aromatic heterocycles. The van der Waals surface area contributed by atoms with Crippen LogP contribution in [0.5, 0.6) is 0 Å². The summed E-state index contributed by atoms with van der Waals surface area (Å²) >= 11 is 0. The molecule has 0 bridgehead atoms. The summed E-state index contributed by atoms with van der Waals surface area (Å²) in [6.07, 6.45) is 2.88. The molecule has 1 unspecified atom stereocenters. The van der Waals surface area contributed by atoms with Gasteiger partial charge in [-0.1, -0.05) is 13.8 Å². The first-order valence-corrected chi connectivity index (χ1v) is 8.68. The van der Waals surface area contributed by atoms with E-state index >= 15 is 0 Å². The normalized spacial score (nSPS) is 18.2. The molecule has 134 valence electrons. The minimum absolute atomic E-state index is 0.0256. The fourth-order valence-electron chi connectivity index (χ4n) is 2.98. The van der Waals surface area contributed by atoms with E-state index in [2.05, 4.69) is 29.1 Å². The van der Waals surface area contributed by atoms with Crippen LogP contribution in [0.3, 0.4) is 0 Å². The first kappa shape index (κ1) is 19.7. The van der Waals surface area contributed by atoms with E-state index in [0.717, 1.165) is 51.5 Å². The number of nitrogens with one attached hydrogen (secondary N) is 1. The smallest absolute Gasteiger partial charge is 0.308 e. The maximum atomic E-state index is 11.6. The molecule has 0 aromatic carbocycles. The lowest BCUT2D eigenvalue weighted by Crippen LogP contribution is -2.47. The second-order valence-electron chi connectivity index (χ2n) is 6.28. The van der Waals surface area contributed by atoms with Gasteiger partial charge >= 0.3 is 5.97 Å². The zero-order valence-electron chi connectivity index (χ0n) is 15.3. The van der Waals surface area contributed by atoms with Gasteiger partial charge < -0.3 is 19.7 Å². The number of rotatable bonds is 7. The number of carbonyl (C=O) groups is 1. The first-order valence-electron chi connectivity index (χ1n) is 8.68. The van der Waals surface area contributed by atoms with Gasteiger partial charge in [0.25, 0.3) is 0 Å². The third kappa shape index (κ3) is 6.37. The van der Waals surface area contributed by atoms with Gasteiger partial charge in [-0.2, -0.15) is 0 Å². The summed E-state index contributed by atoms with van der Waals surface area (Å²) in [5.41, 5.74) is 0. The van der Waals surface area contributed by atoms with Crippen molar-refractivity contribution in [3.63, 3.8) is 0 Å². The molecule has 1 atom stereocenters. The van der Waals surface area contributed by atoms with Crippen molar-refractivity contribution in [2.24, 2.45) is 16.8 Å². The van der Waals surface area contributed by atoms with Crippen LogP contribution < -0.4 is 5.32 Å². The summed E-state index contributed by atoms with van der Waals surface area (Å²) in [5.74, 6) is 1.35. The molecule has 0 spiro atoms. The fraction of sp³-hybridized carbons (Fsp3) is 0.882. The number of hydrogen-bond donors (Lipinski definition) is 1. The van der Waals surface area contributed by atoms with Crippen LogP contribution >= 0.6 is 0 Å². The summed E-state index contributed by atoms with van der Waals surface area (Å²) in [4.78, 5) is 18.2. The molecule has 23 heavy (non-hydrogen) atoms. The molecule has 1 rings (SSSR count). The van der Waals surface area contributed by atoms with E-state index in [1.807, 2.05) is 6.92 Å². The Morgan fingerprint density at radius 2 is 2.00 bits per heavy atom. The van der Waals surface area contributed by atoms with E-state index < -0.39 is 0 Å². The van der Waals surface area contributed by atoms with Crippen LogP contribution in [0.2, 0.25) is 0 Å². The van der Waals surface area contributed by atoms with E-state index in [0.29, 0.717) is 5.92 Å². The molecule has 1 N–H and O–H groups in total. The Morgan fingerprint density at radius 1 is 1.35 bits per heavy atom. The Balaban J connectivity index is 2.39. The minimum Gasteiger partial charge on any atom is -0.469 e. The molecular formula is C17H33N3O3. The van der Waals surface area contributed by atoms with E-state index in [1.165, 1.54) is 7.11 Å². The third-order valence-electron chi connectivity index (χ3n) is 4.38. The zero-order chi connectivity index (χ0) is 17.2. The summed E-state index contributed by atoms with van der Waals surface area (Å²) in [7, 11) is 3.26. The Bertz CT molecular complexity index is 377. The number of methoxy groups -OCH3 is 1. The predicted molar refractivity (Wildman–Crippen MR) is 92.5 cm³/mol. The molecule has 1 heterocycles. The van der Waals surface area contributed by atoms with Crippen molar-refractivity contribution in [3.05, 3.63) is 0 Å². The molecule has 1 aliphatic heterocycles. The fourth-order valence-corrected chi connectivity index (χ4v) is 2.98. The highest BCUT2D eigenvalue weighted by molar-refractivity contribution is 5.80. The number of esters is 1. The van der Waals surface area contributed by atoms with E-state index in [-0.39, 0.29) is 18.0 Å². The monoisotopic (exact) mass is 327 g/mol. The largest absolute Gasteiger partial charge is 0.469 e. The quantitative estimate of drug-likeness (QED) is 0.439. The minimum atomic E-state index is -0.0934. The van der Waals surface area contributed by atoms with Gasteiger partial charge in [0, 0.05) is 33.3 Å². The van der Waals surface area contributed by atoms with E-state index in [1.54, 1.807) is 7.05 Å². The van der Waals surface area contributed by atoms with Gasteiger partial charge in [0.1, 0.15) is 0 Å².